The van der Waals surface area contributed by atoms with E-state index < -0.39 is 44.9 Å². The number of carbonyl (C=O) groups is 2. The van der Waals surface area contributed by atoms with Gasteiger partial charge in [-0.1, -0.05) is 36.7 Å². The van der Waals surface area contributed by atoms with Crippen molar-refractivity contribution in [3.63, 3.8) is 0 Å². The predicted octanol–water partition coefficient (Wildman–Crippen LogP) is 3.74. The second-order valence-corrected chi connectivity index (χ2v) is 12.0. The Morgan fingerprint density at radius 3 is 2.32 bits per heavy atom. The van der Waals surface area contributed by atoms with Gasteiger partial charge in [-0.25, -0.2) is 8.42 Å². The number of hydrogen-bond donors (Lipinski definition) is 1. The zero-order valence-electron chi connectivity index (χ0n) is 22.2. The molecule has 11 nitrogen and oxygen atoms in total. The maximum atomic E-state index is 13.8. The summed E-state index contributed by atoms with van der Waals surface area (Å²) in [6, 6.07) is 9.29. The van der Waals surface area contributed by atoms with Gasteiger partial charge in [0, 0.05) is 29.2 Å². The van der Waals surface area contributed by atoms with E-state index in [9.17, 15) is 28.1 Å². The maximum absolute atomic E-state index is 13.8. The quantitative estimate of drug-likeness (QED) is 0.322. The molecule has 1 atom stereocenters. The molecular formula is C25H33ClN4O7S. The summed E-state index contributed by atoms with van der Waals surface area (Å²) < 4.78 is 31.7. The lowest BCUT2D eigenvalue weighted by molar-refractivity contribution is -0.384. The summed E-state index contributed by atoms with van der Waals surface area (Å²) >= 11 is 6.34. The van der Waals surface area contributed by atoms with Crippen molar-refractivity contribution in [2.45, 2.75) is 52.2 Å². The molecule has 2 rings (SSSR count). The monoisotopic (exact) mass is 568 g/mol. The van der Waals surface area contributed by atoms with Gasteiger partial charge in [0.25, 0.3) is 5.69 Å². The highest BCUT2D eigenvalue weighted by Crippen LogP contribution is 2.34. The zero-order valence-corrected chi connectivity index (χ0v) is 23.8. The normalized spacial score (nSPS) is 12.4. The van der Waals surface area contributed by atoms with Gasteiger partial charge in [0.15, 0.2) is 0 Å². The predicted molar refractivity (Wildman–Crippen MR) is 146 cm³/mol. The molecule has 2 aromatic rings. The van der Waals surface area contributed by atoms with Crippen LogP contribution in [-0.4, -0.2) is 61.5 Å². The number of ether oxygens (including phenoxy) is 1. The van der Waals surface area contributed by atoms with E-state index in [4.69, 9.17) is 16.3 Å². The summed E-state index contributed by atoms with van der Waals surface area (Å²) in [7, 11) is -2.85. The Morgan fingerprint density at radius 1 is 1.18 bits per heavy atom. The number of methoxy groups -OCH3 is 1. The smallest absolute Gasteiger partial charge is 0.271 e. The molecule has 0 fully saturated rings. The van der Waals surface area contributed by atoms with E-state index in [1.807, 2.05) is 0 Å². The van der Waals surface area contributed by atoms with Crippen LogP contribution in [0.5, 0.6) is 5.75 Å². The Hall–Kier alpha value is -3.38. The summed E-state index contributed by atoms with van der Waals surface area (Å²) in [6.45, 7) is 6.34. The highest BCUT2D eigenvalue weighted by atomic mass is 35.5. The first-order valence-electron chi connectivity index (χ1n) is 11.7. The van der Waals surface area contributed by atoms with Crippen LogP contribution in [-0.2, 0) is 26.2 Å². The number of carbonyl (C=O) groups excluding carboxylic acids is 2. The molecule has 0 heterocycles. The van der Waals surface area contributed by atoms with Crippen LogP contribution in [0.15, 0.2) is 42.5 Å². The van der Waals surface area contributed by atoms with Gasteiger partial charge in [0.2, 0.25) is 21.8 Å². The number of nitrogens with zero attached hydrogens (tertiary/aromatic N) is 3. The van der Waals surface area contributed by atoms with Crippen LogP contribution in [0.3, 0.4) is 0 Å². The topological polar surface area (TPSA) is 139 Å². The van der Waals surface area contributed by atoms with Gasteiger partial charge in [-0.15, -0.1) is 0 Å². The largest absolute Gasteiger partial charge is 0.495 e. The van der Waals surface area contributed by atoms with Gasteiger partial charge in [-0.05, 0) is 44.9 Å². The molecule has 13 heteroatoms. The van der Waals surface area contributed by atoms with Crippen LogP contribution in [0.1, 0.15) is 39.7 Å². The van der Waals surface area contributed by atoms with Crippen molar-refractivity contribution in [2.24, 2.45) is 0 Å². The minimum Gasteiger partial charge on any atom is -0.495 e. The van der Waals surface area contributed by atoms with E-state index in [1.165, 1.54) is 18.1 Å². The Bertz CT molecular complexity index is 1290. The zero-order chi connectivity index (χ0) is 28.8. The number of benzene rings is 2. The third-order valence-corrected chi connectivity index (χ3v) is 7.00. The molecule has 2 aromatic carbocycles. The minimum absolute atomic E-state index is 0.0176. The van der Waals surface area contributed by atoms with Gasteiger partial charge in [-0.3, -0.25) is 24.0 Å². The van der Waals surface area contributed by atoms with Crippen molar-refractivity contribution in [1.29, 1.82) is 0 Å². The van der Waals surface area contributed by atoms with E-state index in [-0.39, 0.29) is 30.1 Å². The average Bonchev–Trinajstić information content (AvgIpc) is 2.81. The van der Waals surface area contributed by atoms with Crippen LogP contribution >= 0.6 is 11.6 Å². The van der Waals surface area contributed by atoms with Crippen LogP contribution in [0.25, 0.3) is 0 Å². The minimum atomic E-state index is -4.13. The lowest BCUT2D eigenvalue weighted by Gasteiger charge is -2.34. The fraction of sp³-hybridized carbons (Fsp3) is 0.440. The van der Waals surface area contributed by atoms with Gasteiger partial charge >= 0.3 is 0 Å². The lowest BCUT2D eigenvalue weighted by Crippen LogP contribution is -2.55. The molecule has 208 valence electrons. The van der Waals surface area contributed by atoms with E-state index in [0.717, 1.165) is 22.7 Å². The van der Waals surface area contributed by atoms with Gasteiger partial charge < -0.3 is 15.0 Å². The number of anilines is 1. The Kier molecular flexibility index (Phi) is 10.1. The summed E-state index contributed by atoms with van der Waals surface area (Å²) in [5.41, 5.74) is -0.588. The summed E-state index contributed by atoms with van der Waals surface area (Å²) in [5.74, 6) is -1.11. The number of sulfonamides is 1. The number of hydrogen-bond acceptors (Lipinski definition) is 7. The molecule has 38 heavy (non-hydrogen) atoms. The van der Waals surface area contributed by atoms with Crippen LogP contribution in [0.2, 0.25) is 5.02 Å². The lowest BCUT2D eigenvalue weighted by atomic mass is 10.1. The van der Waals surface area contributed by atoms with Crippen molar-refractivity contribution >= 4 is 44.8 Å². The first kappa shape index (κ1) is 30.8. The van der Waals surface area contributed by atoms with E-state index >= 15 is 0 Å². The molecule has 0 saturated heterocycles. The molecule has 0 saturated carbocycles. The fourth-order valence-electron chi connectivity index (χ4n) is 3.76. The summed E-state index contributed by atoms with van der Waals surface area (Å²) in [4.78, 5) is 39.0. The van der Waals surface area contributed by atoms with Crippen molar-refractivity contribution in [2.75, 3.05) is 24.2 Å². The molecule has 0 aliphatic heterocycles. The molecular weight excluding hydrogens is 536 g/mol. The Morgan fingerprint density at radius 2 is 1.82 bits per heavy atom. The number of halogens is 1. The first-order chi connectivity index (χ1) is 17.6. The Labute approximate surface area is 227 Å². The van der Waals surface area contributed by atoms with Gasteiger partial charge in [-0.2, -0.15) is 0 Å². The molecule has 1 N–H and O–H groups in total. The van der Waals surface area contributed by atoms with Crippen molar-refractivity contribution in [3.8, 4) is 5.75 Å². The first-order valence-corrected chi connectivity index (χ1v) is 14.0. The fourth-order valence-corrected chi connectivity index (χ4v) is 4.80. The average molecular weight is 569 g/mol. The van der Waals surface area contributed by atoms with E-state index in [2.05, 4.69) is 5.32 Å². The van der Waals surface area contributed by atoms with E-state index in [0.29, 0.717) is 10.6 Å². The van der Waals surface area contributed by atoms with Crippen molar-refractivity contribution in [3.05, 3.63) is 63.2 Å². The third-order valence-electron chi connectivity index (χ3n) is 5.50. The highest BCUT2D eigenvalue weighted by molar-refractivity contribution is 7.92. The molecule has 0 aliphatic carbocycles. The highest BCUT2D eigenvalue weighted by Gasteiger charge is 2.34. The summed E-state index contributed by atoms with van der Waals surface area (Å²) in [6.07, 6.45) is 1.11. The van der Waals surface area contributed by atoms with Crippen LogP contribution in [0, 0.1) is 10.1 Å². The van der Waals surface area contributed by atoms with Gasteiger partial charge in [0.1, 0.15) is 24.0 Å². The second kappa shape index (κ2) is 12.4. The molecule has 0 spiro atoms. The van der Waals surface area contributed by atoms with Gasteiger partial charge in [0.05, 0.1) is 18.3 Å². The molecule has 0 aliphatic rings. The van der Waals surface area contributed by atoms with Crippen molar-refractivity contribution < 1.29 is 27.7 Å². The molecule has 0 radical (unpaired) electrons. The SMILES string of the molecule is CCC(C(=O)NC(C)(C)C)N(Cc1ccccc1Cl)C(=O)CN(c1cc([N+](=O)[O-])ccc1OC)S(C)(=O)=O. The molecule has 0 aromatic heterocycles. The number of nitrogens with one attached hydrogen (secondary N) is 1. The van der Waals surface area contributed by atoms with Crippen molar-refractivity contribution in [1.82, 2.24) is 10.2 Å². The summed E-state index contributed by atoms with van der Waals surface area (Å²) in [5, 5.41) is 14.6. The van der Waals surface area contributed by atoms with Crippen LogP contribution in [0.4, 0.5) is 11.4 Å². The van der Waals surface area contributed by atoms with E-state index in [1.54, 1.807) is 52.0 Å². The molecule has 2 amide bonds. The standard InChI is InChI=1S/C25H33ClN4O7S/c1-7-20(24(32)27-25(2,3)4)28(15-17-10-8-9-11-19(17)26)23(31)16-29(38(6,35)36)21-14-18(30(33)34)12-13-22(21)37-5/h8-14,20H,7,15-16H2,1-6H3,(H,27,32). The molecule has 1 unspecified atom stereocenters. The second-order valence-electron chi connectivity index (χ2n) is 9.66. The maximum Gasteiger partial charge on any atom is 0.271 e. The Balaban J connectivity index is 2.60. The molecule has 0 bridgehead atoms. The number of nitro groups is 1. The third kappa shape index (κ3) is 8.06. The number of amides is 2. The van der Waals surface area contributed by atoms with Crippen LogP contribution < -0.4 is 14.4 Å². The number of nitro benzene ring substituents is 1. The number of non-ortho nitro benzene ring substituents is 1. The number of rotatable bonds is 11.